The molecule has 1 fully saturated rings. The minimum atomic E-state index is -0.195. The molecule has 154 valence electrons. The fourth-order valence-corrected chi connectivity index (χ4v) is 3.42. The highest BCUT2D eigenvalue weighted by Gasteiger charge is 2.15. The van der Waals surface area contributed by atoms with Gasteiger partial charge in [0.2, 0.25) is 5.91 Å². The zero-order chi connectivity index (χ0) is 20.5. The number of rotatable bonds is 8. The minimum Gasteiger partial charge on any atom is -0.352 e. The number of nitrogens with one attached hydrogen (secondary N) is 2. The number of benzene rings is 1. The summed E-state index contributed by atoms with van der Waals surface area (Å²) < 4.78 is 0. The molecule has 2 amide bonds. The molecule has 0 spiro atoms. The number of aromatic nitrogens is 1. The van der Waals surface area contributed by atoms with Crippen LogP contribution in [0.4, 0.5) is 0 Å². The average Bonchev–Trinajstić information content (AvgIpc) is 2.75. The van der Waals surface area contributed by atoms with Crippen molar-refractivity contribution in [3.63, 3.8) is 0 Å². The van der Waals surface area contributed by atoms with Crippen LogP contribution in [0, 0.1) is 5.92 Å². The first-order valence-corrected chi connectivity index (χ1v) is 10.4. The van der Waals surface area contributed by atoms with E-state index >= 15 is 0 Å². The Morgan fingerprint density at radius 1 is 1.00 bits per heavy atom. The molecule has 0 atom stereocenters. The maximum absolute atomic E-state index is 12.0. The Hall–Kier alpha value is -2.73. The van der Waals surface area contributed by atoms with E-state index in [1.165, 1.54) is 31.5 Å². The van der Waals surface area contributed by atoms with Gasteiger partial charge in [-0.3, -0.25) is 19.5 Å². The average molecular weight is 395 g/mol. The Morgan fingerprint density at radius 2 is 1.66 bits per heavy atom. The van der Waals surface area contributed by atoms with Gasteiger partial charge in [0.1, 0.15) is 0 Å². The molecule has 29 heavy (non-hydrogen) atoms. The van der Waals surface area contributed by atoms with E-state index in [9.17, 15) is 9.59 Å². The second-order valence-electron chi connectivity index (χ2n) is 7.79. The second kappa shape index (κ2) is 10.7. The fraction of sp³-hybridized carbons (Fsp3) is 0.435. The van der Waals surface area contributed by atoms with E-state index in [4.69, 9.17) is 0 Å². The lowest BCUT2D eigenvalue weighted by atomic mass is 9.99. The third-order valence-corrected chi connectivity index (χ3v) is 5.38. The fourth-order valence-electron chi connectivity index (χ4n) is 3.42. The van der Waals surface area contributed by atoms with Crippen molar-refractivity contribution in [3.05, 3.63) is 65.5 Å². The number of amides is 2. The summed E-state index contributed by atoms with van der Waals surface area (Å²) in [5.74, 6) is 0.576. The largest absolute Gasteiger partial charge is 0.352 e. The molecule has 6 nitrogen and oxygen atoms in total. The van der Waals surface area contributed by atoms with E-state index < -0.39 is 0 Å². The highest BCUT2D eigenvalue weighted by Crippen LogP contribution is 2.18. The van der Waals surface area contributed by atoms with Crippen molar-refractivity contribution in [2.24, 2.45) is 5.92 Å². The van der Waals surface area contributed by atoms with Crippen molar-refractivity contribution in [1.82, 2.24) is 20.5 Å². The zero-order valence-corrected chi connectivity index (χ0v) is 17.1. The van der Waals surface area contributed by atoms with Crippen LogP contribution in [0.2, 0.25) is 0 Å². The van der Waals surface area contributed by atoms with Gasteiger partial charge in [-0.05, 0) is 55.1 Å². The summed E-state index contributed by atoms with van der Waals surface area (Å²) in [6, 6.07) is 11.7. The minimum absolute atomic E-state index is 0.0773. The molecule has 0 aliphatic carbocycles. The van der Waals surface area contributed by atoms with E-state index in [1.807, 2.05) is 0 Å². The summed E-state index contributed by atoms with van der Waals surface area (Å²) in [5.41, 5.74) is 2.93. The summed E-state index contributed by atoms with van der Waals surface area (Å²) in [5, 5.41) is 5.65. The highest BCUT2D eigenvalue weighted by atomic mass is 16.2. The first-order chi connectivity index (χ1) is 14.1. The van der Waals surface area contributed by atoms with Crippen LogP contribution < -0.4 is 10.6 Å². The van der Waals surface area contributed by atoms with Crippen LogP contribution in [0.5, 0.6) is 0 Å². The molecule has 1 aromatic heterocycles. The van der Waals surface area contributed by atoms with Crippen molar-refractivity contribution in [2.75, 3.05) is 19.6 Å². The maximum atomic E-state index is 12.0. The monoisotopic (exact) mass is 394 g/mol. The number of carbonyl (C=O) groups excluding carboxylic acids is 2. The molecule has 1 aliphatic heterocycles. The maximum Gasteiger partial charge on any atom is 0.251 e. The van der Waals surface area contributed by atoms with Gasteiger partial charge in [-0.2, -0.15) is 0 Å². The molecule has 1 aromatic carbocycles. The van der Waals surface area contributed by atoms with Crippen LogP contribution in [-0.4, -0.2) is 41.3 Å². The molecule has 0 saturated carbocycles. The SMILES string of the molecule is CC1CCN(Cc2ccc(CNC(=O)CCNC(=O)c3ccncc3)cc2)CC1. The van der Waals surface area contributed by atoms with Gasteiger partial charge in [0, 0.05) is 44.0 Å². The molecule has 1 aliphatic rings. The lowest BCUT2D eigenvalue weighted by Crippen LogP contribution is -2.32. The first kappa shape index (κ1) is 21.0. The number of carbonyl (C=O) groups is 2. The van der Waals surface area contributed by atoms with E-state index in [2.05, 4.69) is 51.7 Å². The van der Waals surface area contributed by atoms with E-state index in [1.54, 1.807) is 24.5 Å². The van der Waals surface area contributed by atoms with E-state index in [0.717, 1.165) is 18.0 Å². The number of piperidine rings is 1. The van der Waals surface area contributed by atoms with Crippen LogP contribution in [0.25, 0.3) is 0 Å². The van der Waals surface area contributed by atoms with Crippen molar-refractivity contribution in [1.29, 1.82) is 0 Å². The van der Waals surface area contributed by atoms with Gasteiger partial charge < -0.3 is 10.6 Å². The quantitative estimate of drug-likeness (QED) is 0.722. The van der Waals surface area contributed by atoms with E-state index in [0.29, 0.717) is 18.7 Å². The molecule has 0 bridgehead atoms. The summed E-state index contributed by atoms with van der Waals surface area (Å²) in [6.07, 6.45) is 5.96. The van der Waals surface area contributed by atoms with Gasteiger partial charge in [-0.1, -0.05) is 31.2 Å². The third kappa shape index (κ3) is 6.98. The van der Waals surface area contributed by atoms with Crippen LogP contribution in [-0.2, 0) is 17.9 Å². The molecule has 0 unspecified atom stereocenters. The van der Waals surface area contributed by atoms with Crippen LogP contribution in [0.3, 0.4) is 0 Å². The molecule has 6 heteroatoms. The van der Waals surface area contributed by atoms with Gasteiger partial charge in [0.05, 0.1) is 0 Å². The van der Waals surface area contributed by atoms with Gasteiger partial charge >= 0.3 is 0 Å². The lowest BCUT2D eigenvalue weighted by Gasteiger charge is -2.30. The molecule has 2 N–H and O–H groups in total. The molecular weight excluding hydrogens is 364 g/mol. The normalized spacial score (nSPS) is 15.1. The standard InChI is InChI=1S/C23H30N4O2/c1-18-9-14-27(15-10-18)17-20-4-2-19(3-5-20)16-26-22(28)8-13-25-23(29)21-6-11-24-12-7-21/h2-7,11-12,18H,8-10,13-17H2,1H3,(H,25,29)(H,26,28). The summed E-state index contributed by atoms with van der Waals surface area (Å²) in [4.78, 5) is 30.3. The van der Waals surface area contributed by atoms with Crippen molar-refractivity contribution in [2.45, 2.75) is 39.3 Å². The predicted molar refractivity (Wildman–Crippen MR) is 113 cm³/mol. The molecular formula is C23H30N4O2. The summed E-state index contributed by atoms with van der Waals surface area (Å²) in [6.45, 7) is 6.48. The molecule has 2 heterocycles. The number of pyridine rings is 1. The molecule has 2 aromatic rings. The zero-order valence-electron chi connectivity index (χ0n) is 17.1. The van der Waals surface area contributed by atoms with Crippen molar-refractivity contribution >= 4 is 11.8 Å². The summed E-state index contributed by atoms with van der Waals surface area (Å²) in [7, 11) is 0. The number of hydrogen-bond acceptors (Lipinski definition) is 4. The Kier molecular flexibility index (Phi) is 7.76. The Labute approximate surface area is 172 Å². The van der Waals surface area contributed by atoms with Crippen LogP contribution in [0.15, 0.2) is 48.8 Å². The van der Waals surface area contributed by atoms with Crippen molar-refractivity contribution < 1.29 is 9.59 Å². The highest BCUT2D eigenvalue weighted by molar-refractivity contribution is 5.94. The van der Waals surface area contributed by atoms with Crippen molar-refractivity contribution in [3.8, 4) is 0 Å². The Balaban J connectivity index is 1.34. The van der Waals surface area contributed by atoms with E-state index in [-0.39, 0.29) is 18.2 Å². The number of hydrogen-bond donors (Lipinski definition) is 2. The van der Waals surface area contributed by atoms with Gasteiger partial charge in [-0.25, -0.2) is 0 Å². The van der Waals surface area contributed by atoms with Gasteiger partial charge in [0.15, 0.2) is 0 Å². The Bertz CT molecular complexity index is 784. The van der Waals surface area contributed by atoms with Crippen LogP contribution >= 0.6 is 0 Å². The molecule has 3 rings (SSSR count). The third-order valence-electron chi connectivity index (χ3n) is 5.38. The Morgan fingerprint density at radius 3 is 2.34 bits per heavy atom. The smallest absolute Gasteiger partial charge is 0.251 e. The molecule has 0 radical (unpaired) electrons. The predicted octanol–water partition coefficient (Wildman–Crippen LogP) is 2.75. The first-order valence-electron chi connectivity index (χ1n) is 10.4. The van der Waals surface area contributed by atoms with Gasteiger partial charge in [-0.15, -0.1) is 0 Å². The molecule has 1 saturated heterocycles. The van der Waals surface area contributed by atoms with Gasteiger partial charge in [0.25, 0.3) is 5.91 Å². The topological polar surface area (TPSA) is 74.3 Å². The number of nitrogens with zero attached hydrogens (tertiary/aromatic N) is 2. The summed E-state index contributed by atoms with van der Waals surface area (Å²) >= 11 is 0. The second-order valence-corrected chi connectivity index (χ2v) is 7.79. The number of likely N-dealkylation sites (tertiary alicyclic amines) is 1. The lowest BCUT2D eigenvalue weighted by molar-refractivity contribution is -0.121. The van der Waals surface area contributed by atoms with Crippen LogP contribution in [0.1, 0.15) is 47.7 Å².